The Balaban J connectivity index is 1.90. The van der Waals surface area contributed by atoms with Crippen LogP contribution in [-0.4, -0.2) is 43.2 Å². The minimum atomic E-state index is -0.112. The van der Waals surface area contributed by atoms with E-state index in [-0.39, 0.29) is 11.9 Å². The van der Waals surface area contributed by atoms with Gasteiger partial charge in [-0.1, -0.05) is 18.2 Å². The van der Waals surface area contributed by atoms with E-state index in [1.54, 1.807) is 0 Å². The number of morpholine rings is 1. The van der Waals surface area contributed by atoms with Gasteiger partial charge in [-0.2, -0.15) is 0 Å². The summed E-state index contributed by atoms with van der Waals surface area (Å²) in [5.41, 5.74) is 0.845. The lowest BCUT2D eigenvalue weighted by Gasteiger charge is -2.31. The van der Waals surface area contributed by atoms with Crippen LogP contribution in [0.3, 0.4) is 0 Å². The first-order valence-electron chi connectivity index (χ1n) is 5.95. The number of hydrogen-bond acceptors (Lipinski definition) is 3. The van der Waals surface area contributed by atoms with E-state index in [0.717, 1.165) is 18.8 Å². The lowest BCUT2D eigenvalue weighted by Crippen LogP contribution is -2.47. The third-order valence-electron chi connectivity index (χ3n) is 3.01. The second-order valence-corrected chi connectivity index (χ2v) is 4.18. The summed E-state index contributed by atoms with van der Waals surface area (Å²) in [5.74, 6) is 0.0399. The summed E-state index contributed by atoms with van der Waals surface area (Å²) in [5, 5.41) is 2.92. The van der Waals surface area contributed by atoms with Crippen LogP contribution in [0, 0.1) is 0 Å². The fourth-order valence-corrected chi connectivity index (χ4v) is 1.90. The predicted octanol–water partition coefficient (Wildman–Crippen LogP) is 1.35. The monoisotopic (exact) mass is 234 g/mol. The van der Waals surface area contributed by atoms with Gasteiger partial charge in [0.1, 0.15) is 0 Å². The molecule has 1 saturated heterocycles. The Hall–Kier alpha value is -1.39. The highest BCUT2D eigenvalue weighted by atomic mass is 16.5. The number of amides is 1. The van der Waals surface area contributed by atoms with Crippen molar-refractivity contribution in [3.05, 3.63) is 30.3 Å². The molecule has 0 aromatic heterocycles. The zero-order valence-corrected chi connectivity index (χ0v) is 10.1. The van der Waals surface area contributed by atoms with E-state index in [1.165, 1.54) is 0 Å². The first-order valence-corrected chi connectivity index (χ1v) is 5.95. The highest BCUT2D eigenvalue weighted by Crippen LogP contribution is 2.09. The Morgan fingerprint density at radius 2 is 1.94 bits per heavy atom. The summed E-state index contributed by atoms with van der Waals surface area (Å²) in [4.78, 5) is 14.2. The minimum Gasteiger partial charge on any atom is -0.379 e. The van der Waals surface area contributed by atoms with E-state index >= 15 is 0 Å². The highest BCUT2D eigenvalue weighted by Gasteiger charge is 2.22. The standard InChI is InChI=1S/C13H18N2O2/c1-11(15-7-9-17-10-8-15)13(16)14-12-5-3-2-4-6-12/h2-6,11H,7-10H2,1H3,(H,14,16)/t11-/m0/s1. The number of rotatable bonds is 3. The summed E-state index contributed by atoms with van der Waals surface area (Å²) in [7, 11) is 0. The quantitative estimate of drug-likeness (QED) is 0.858. The largest absolute Gasteiger partial charge is 0.379 e. The normalized spacial score (nSPS) is 18.6. The van der Waals surface area contributed by atoms with Crippen molar-refractivity contribution < 1.29 is 9.53 Å². The van der Waals surface area contributed by atoms with E-state index < -0.39 is 0 Å². The van der Waals surface area contributed by atoms with Gasteiger partial charge >= 0.3 is 0 Å². The lowest BCUT2D eigenvalue weighted by molar-refractivity contribution is -0.122. The van der Waals surface area contributed by atoms with Gasteiger partial charge in [0.15, 0.2) is 0 Å². The number of nitrogens with one attached hydrogen (secondary N) is 1. The fraction of sp³-hybridized carbons (Fsp3) is 0.462. The molecule has 1 N–H and O–H groups in total. The first kappa shape index (κ1) is 12.1. The van der Waals surface area contributed by atoms with Crippen LogP contribution in [0.15, 0.2) is 30.3 Å². The van der Waals surface area contributed by atoms with Gasteiger partial charge in [-0.25, -0.2) is 0 Å². The molecule has 4 nitrogen and oxygen atoms in total. The van der Waals surface area contributed by atoms with Crippen molar-refractivity contribution in [1.29, 1.82) is 0 Å². The molecule has 0 unspecified atom stereocenters. The number of carbonyl (C=O) groups excluding carboxylic acids is 1. The van der Waals surface area contributed by atoms with Gasteiger partial charge in [-0.05, 0) is 19.1 Å². The number of carbonyl (C=O) groups is 1. The van der Waals surface area contributed by atoms with Crippen LogP contribution in [0.5, 0.6) is 0 Å². The molecule has 1 amide bonds. The fourth-order valence-electron chi connectivity index (χ4n) is 1.90. The maximum Gasteiger partial charge on any atom is 0.241 e. The first-order chi connectivity index (χ1) is 8.27. The molecule has 1 fully saturated rings. The Morgan fingerprint density at radius 1 is 1.29 bits per heavy atom. The van der Waals surface area contributed by atoms with E-state index in [4.69, 9.17) is 4.74 Å². The van der Waals surface area contributed by atoms with Crippen molar-refractivity contribution in [3.8, 4) is 0 Å². The van der Waals surface area contributed by atoms with Gasteiger partial charge in [0.2, 0.25) is 5.91 Å². The molecule has 0 radical (unpaired) electrons. The summed E-state index contributed by atoms with van der Waals surface area (Å²) in [6.07, 6.45) is 0. The second kappa shape index (κ2) is 5.80. The van der Waals surface area contributed by atoms with Crippen molar-refractivity contribution in [3.63, 3.8) is 0 Å². The van der Waals surface area contributed by atoms with Crippen molar-refractivity contribution >= 4 is 11.6 Å². The van der Waals surface area contributed by atoms with Gasteiger partial charge < -0.3 is 10.1 Å². The third-order valence-corrected chi connectivity index (χ3v) is 3.01. The topological polar surface area (TPSA) is 41.6 Å². The van der Waals surface area contributed by atoms with Gasteiger partial charge in [0.05, 0.1) is 19.3 Å². The lowest BCUT2D eigenvalue weighted by atomic mass is 10.2. The maximum absolute atomic E-state index is 12.0. The number of anilines is 1. The van der Waals surface area contributed by atoms with Crippen molar-refractivity contribution in [1.82, 2.24) is 4.90 Å². The molecule has 4 heteroatoms. The molecule has 1 atom stereocenters. The smallest absolute Gasteiger partial charge is 0.241 e. The minimum absolute atomic E-state index is 0.0399. The van der Waals surface area contributed by atoms with Gasteiger partial charge in [0.25, 0.3) is 0 Å². The van der Waals surface area contributed by atoms with Gasteiger partial charge in [-0.15, -0.1) is 0 Å². The van der Waals surface area contributed by atoms with Crippen LogP contribution in [-0.2, 0) is 9.53 Å². The second-order valence-electron chi connectivity index (χ2n) is 4.18. The van der Waals surface area contributed by atoms with Gasteiger partial charge in [-0.3, -0.25) is 9.69 Å². The third kappa shape index (κ3) is 3.28. The van der Waals surface area contributed by atoms with Gasteiger partial charge in [0, 0.05) is 18.8 Å². The van der Waals surface area contributed by atoms with E-state index in [2.05, 4.69) is 10.2 Å². The molecule has 1 aliphatic rings. The average molecular weight is 234 g/mol. The molecular formula is C13H18N2O2. The van der Waals surface area contributed by atoms with Crippen molar-refractivity contribution in [2.45, 2.75) is 13.0 Å². The summed E-state index contributed by atoms with van der Waals surface area (Å²) in [6.45, 7) is 5.00. The van der Waals surface area contributed by atoms with E-state index in [0.29, 0.717) is 13.2 Å². The molecule has 0 saturated carbocycles. The molecule has 1 aromatic rings. The number of benzene rings is 1. The number of nitrogens with zero attached hydrogens (tertiary/aromatic N) is 1. The predicted molar refractivity (Wildman–Crippen MR) is 66.9 cm³/mol. The van der Waals surface area contributed by atoms with E-state index in [1.807, 2.05) is 37.3 Å². The molecule has 1 heterocycles. The molecule has 1 aromatic carbocycles. The zero-order chi connectivity index (χ0) is 12.1. The molecule has 0 aliphatic carbocycles. The SMILES string of the molecule is C[C@@H](C(=O)Nc1ccccc1)N1CCOCC1. The molecule has 2 rings (SSSR count). The van der Waals surface area contributed by atoms with Crippen LogP contribution in [0.4, 0.5) is 5.69 Å². The molecular weight excluding hydrogens is 216 g/mol. The number of hydrogen-bond donors (Lipinski definition) is 1. The molecule has 0 bridgehead atoms. The number of para-hydroxylation sites is 1. The maximum atomic E-state index is 12.0. The number of ether oxygens (including phenoxy) is 1. The Kier molecular flexibility index (Phi) is 4.12. The summed E-state index contributed by atoms with van der Waals surface area (Å²) >= 11 is 0. The Bertz CT molecular complexity index is 361. The summed E-state index contributed by atoms with van der Waals surface area (Å²) in [6, 6.07) is 9.43. The molecule has 0 spiro atoms. The van der Waals surface area contributed by atoms with Crippen LogP contribution in [0.25, 0.3) is 0 Å². The zero-order valence-electron chi connectivity index (χ0n) is 10.1. The molecule has 17 heavy (non-hydrogen) atoms. The van der Waals surface area contributed by atoms with Crippen LogP contribution < -0.4 is 5.32 Å². The van der Waals surface area contributed by atoms with Crippen molar-refractivity contribution in [2.24, 2.45) is 0 Å². The average Bonchev–Trinajstić information content (AvgIpc) is 2.40. The van der Waals surface area contributed by atoms with Crippen LogP contribution >= 0.6 is 0 Å². The molecule has 1 aliphatic heterocycles. The Labute approximate surface area is 102 Å². The van der Waals surface area contributed by atoms with Crippen LogP contribution in [0.1, 0.15) is 6.92 Å². The summed E-state index contributed by atoms with van der Waals surface area (Å²) < 4.78 is 5.27. The van der Waals surface area contributed by atoms with Crippen LogP contribution in [0.2, 0.25) is 0 Å². The molecule has 92 valence electrons. The Morgan fingerprint density at radius 3 is 2.59 bits per heavy atom. The van der Waals surface area contributed by atoms with E-state index in [9.17, 15) is 4.79 Å². The highest BCUT2D eigenvalue weighted by molar-refractivity contribution is 5.94. The van der Waals surface area contributed by atoms with Crippen molar-refractivity contribution in [2.75, 3.05) is 31.6 Å².